The molecule has 1 fully saturated rings. The van der Waals surface area contributed by atoms with Gasteiger partial charge in [0.05, 0.1) is 4.90 Å². The number of sulfonamides is 1. The summed E-state index contributed by atoms with van der Waals surface area (Å²) in [7, 11) is -3.70. The average Bonchev–Trinajstić information content (AvgIpc) is 2.37. The van der Waals surface area contributed by atoms with Gasteiger partial charge in [-0.05, 0) is 49.4 Å². The maximum atomic E-state index is 13.2. The van der Waals surface area contributed by atoms with E-state index in [0.29, 0.717) is 11.5 Å². The molecule has 1 aliphatic rings. The summed E-state index contributed by atoms with van der Waals surface area (Å²) in [5.41, 5.74) is -0.199. The largest absolute Gasteiger partial charge is 0.241 e. The van der Waals surface area contributed by atoms with Crippen LogP contribution in [-0.2, 0) is 10.0 Å². The van der Waals surface area contributed by atoms with Gasteiger partial charge < -0.3 is 0 Å². The number of halogens is 2. The molecule has 2 unspecified atom stereocenters. The van der Waals surface area contributed by atoms with Crippen LogP contribution >= 0.6 is 11.6 Å². The number of hydrogen-bond acceptors (Lipinski definition) is 2. The third kappa shape index (κ3) is 3.76. The van der Waals surface area contributed by atoms with Gasteiger partial charge in [0.15, 0.2) is 0 Å². The highest BCUT2D eigenvalue weighted by atomic mass is 35.5. The highest BCUT2D eigenvalue weighted by Gasteiger charge is 2.38. The van der Waals surface area contributed by atoms with Crippen LogP contribution in [0.3, 0.4) is 0 Å². The standard InChI is InChI=1S/C15H21ClFNO2S/c1-11-4-3-7-15(9-11,10-16)18-21(19,20)14-6-5-13(17)8-12(14)2/h5-6,8,11,18H,3-4,7,9-10H2,1-2H3. The van der Waals surface area contributed by atoms with Crippen molar-refractivity contribution in [2.45, 2.75) is 50.0 Å². The minimum Gasteiger partial charge on any atom is -0.207 e. The topological polar surface area (TPSA) is 46.2 Å². The van der Waals surface area contributed by atoms with Crippen molar-refractivity contribution in [1.29, 1.82) is 0 Å². The summed E-state index contributed by atoms with van der Waals surface area (Å²) in [4.78, 5) is 0.117. The second kappa shape index (κ2) is 6.23. The van der Waals surface area contributed by atoms with Crippen molar-refractivity contribution in [3.63, 3.8) is 0 Å². The number of rotatable bonds is 4. The summed E-state index contributed by atoms with van der Waals surface area (Å²) in [6.45, 7) is 3.70. The minimum absolute atomic E-state index is 0.117. The van der Waals surface area contributed by atoms with Crippen molar-refractivity contribution in [2.24, 2.45) is 5.92 Å². The second-order valence-electron chi connectivity index (χ2n) is 6.13. The van der Waals surface area contributed by atoms with E-state index >= 15 is 0 Å². The van der Waals surface area contributed by atoms with Crippen LogP contribution in [0.25, 0.3) is 0 Å². The molecule has 0 aliphatic heterocycles. The van der Waals surface area contributed by atoms with Gasteiger partial charge >= 0.3 is 0 Å². The number of aryl methyl sites for hydroxylation is 1. The molecule has 0 spiro atoms. The van der Waals surface area contributed by atoms with Crippen LogP contribution in [0.15, 0.2) is 23.1 Å². The van der Waals surface area contributed by atoms with E-state index in [4.69, 9.17) is 11.6 Å². The SMILES string of the molecule is Cc1cc(F)ccc1S(=O)(=O)NC1(CCl)CCCC(C)C1. The zero-order valence-electron chi connectivity index (χ0n) is 12.3. The molecule has 0 heterocycles. The Morgan fingerprint density at radius 2 is 2.19 bits per heavy atom. The normalized spacial score (nSPS) is 26.8. The molecule has 0 saturated heterocycles. The van der Waals surface area contributed by atoms with Crippen molar-refractivity contribution >= 4 is 21.6 Å². The van der Waals surface area contributed by atoms with Crippen LogP contribution in [0.5, 0.6) is 0 Å². The Kier molecular flexibility index (Phi) is 4.96. The number of nitrogens with one attached hydrogen (secondary N) is 1. The van der Waals surface area contributed by atoms with Crippen LogP contribution in [0.1, 0.15) is 38.2 Å². The second-order valence-corrected chi connectivity index (χ2v) is 8.05. The molecule has 2 rings (SSSR count). The van der Waals surface area contributed by atoms with E-state index in [1.54, 1.807) is 6.92 Å². The van der Waals surface area contributed by atoms with Crippen molar-refractivity contribution in [3.05, 3.63) is 29.6 Å². The first-order chi connectivity index (χ1) is 9.78. The first-order valence-corrected chi connectivity index (χ1v) is 9.16. The van der Waals surface area contributed by atoms with Gasteiger partial charge in [0.1, 0.15) is 5.82 Å². The first kappa shape index (κ1) is 16.7. The Morgan fingerprint density at radius 3 is 2.76 bits per heavy atom. The molecule has 1 aliphatic carbocycles. The van der Waals surface area contributed by atoms with E-state index in [1.165, 1.54) is 18.2 Å². The average molecular weight is 334 g/mol. The van der Waals surface area contributed by atoms with Crippen molar-refractivity contribution in [2.75, 3.05) is 5.88 Å². The molecule has 6 heteroatoms. The first-order valence-electron chi connectivity index (χ1n) is 7.14. The maximum absolute atomic E-state index is 13.2. The lowest BCUT2D eigenvalue weighted by Crippen LogP contribution is -2.52. The van der Waals surface area contributed by atoms with Crippen LogP contribution in [0.4, 0.5) is 4.39 Å². The van der Waals surface area contributed by atoms with Crippen LogP contribution in [0.2, 0.25) is 0 Å². The number of benzene rings is 1. The molecule has 0 amide bonds. The Morgan fingerprint density at radius 1 is 1.48 bits per heavy atom. The predicted octanol–water partition coefficient (Wildman–Crippen LogP) is 3.60. The Balaban J connectivity index is 2.31. The lowest BCUT2D eigenvalue weighted by Gasteiger charge is -2.39. The van der Waals surface area contributed by atoms with Gasteiger partial charge in [-0.2, -0.15) is 0 Å². The van der Waals surface area contributed by atoms with Gasteiger partial charge in [-0.3, -0.25) is 0 Å². The Labute approximate surface area is 130 Å². The highest BCUT2D eigenvalue weighted by Crippen LogP contribution is 2.34. The minimum atomic E-state index is -3.70. The zero-order chi connectivity index (χ0) is 15.7. The van der Waals surface area contributed by atoms with E-state index in [1.807, 2.05) is 0 Å². The van der Waals surface area contributed by atoms with Crippen molar-refractivity contribution < 1.29 is 12.8 Å². The molecule has 1 saturated carbocycles. The molecule has 0 radical (unpaired) electrons. The predicted molar refractivity (Wildman–Crippen MR) is 82.5 cm³/mol. The summed E-state index contributed by atoms with van der Waals surface area (Å²) in [6, 6.07) is 3.70. The van der Waals surface area contributed by atoms with Gasteiger partial charge in [-0.15, -0.1) is 11.6 Å². The molecule has 1 aromatic carbocycles. The van der Waals surface area contributed by atoms with Gasteiger partial charge in [0, 0.05) is 11.4 Å². The third-order valence-electron chi connectivity index (χ3n) is 4.12. The Bertz CT molecular complexity index is 620. The maximum Gasteiger partial charge on any atom is 0.241 e. The monoisotopic (exact) mass is 333 g/mol. The summed E-state index contributed by atoms with van der Waals surface area (Å²) in [5.74, 6) is 0.246. The summed E-state index contributed by atoms with van der Waals surface area (Å²) in [6.07, 6.45) is 3.52. The van der Waals surface area contributed by atoms with Crippen LogP contribution < -0.4 is 4.72 Å². The van der Waals surface area contributed by atoms with E-state index in [0.717, 1.165) is 25.7 Å². The fourth-order valence-corrected chi connectivity index (χ4v) is 5.21. The van der Waals surface area contributed by atoms with Crippen LogP contribution in [-0.4, -0.2) is 19.8 Å². The van der Waals surface area contributed by atoms with E-state index in [9.17, 15) is 12.8 Å². The van der Waals surface area contributed by atoms with E-state index < -0.39 is 21.4 Å². The van der Waals surface area contributed by atoms with E-state index in [2.05, 4.69) is 11.6 Å². The molecular formula is C15H21ClFNO2S. The highest BCUT2D eigenvalue weighted by molar-refractivity contribution is 7.89. The van der Waals surface area contributed by atoms with Crippen molar-refractivity contribution in [1.82, 2.24) is 4.72 Å². The molecule has 118 valence electrons. The molecule has 1 N–H and O–H groups in total. The molecule has 0 bridgehead atoms. The smallest absolute Gasteiger partial charge is 0.207 e. The van der Waals surface area contributed by atoms with E-state index in [-0.39, 0.29) is 10.8 Å². The molecule has 1 aromatic rings. The molecule has 0 aromatic heterocycles. The third-order valence-corrected chi connectivity index (χ3v) is 6.38. The molecule has 21 heavy (non-hydrogen) atoms. The summed E-state index contributed by atoms with van der Waals surface area (Å²) < 4.78 is 41.2. The molecule has 3 nitrogen and oxygen atoms in total. The molecular weight excluding hydrogens is 313 g/mol. The van der Waals surface area contributed by atoms with Gasteiger partial charge in [0.25, 0.3) is 0 Å². The van der Waals surface area contributed by atoms with Gasteiger partial charge in [-0.1, -0.05) is 19.8 Å². The quantitative estimate of drug-likeness (QED) is 0.856. The van der Waals surface area contributed by atoms with Gasteiger partial charge in [-0.25, -0.2) is 17.5 Å². The number of hydrogen-bond donors (Lipinski definition) is 1. The van der Waals surface area contributed by atoms with Gasteiger partial charge in [0.2, 0.25) is 10.0 Å². The Hall–Kier alpha value is -0.650. The fraction of sp³-hybridized carbons (Fsp3) is 0.600. The zero-order valence-corrected chi connectivity index (χ0v) is 13.9. The van der Waals surface area contributed by atoms with Crippen molar-refractivity contribution in [3.8, 4) is 0 Å². The number of alkyl halides is 1. The molecule has 2 atom stereocenters. The fourth-order valence-electron chi connectivity index (χ4n) is 3.16. The van der Waals surface area contributed by atoms with Crippen LogP contribution in [0, 0.1) is 18.7 Å². The summed E-state index contributed by atoms with van der Waals surface area (Å²) in [5, 5.41) is 0. The lowest BCUT2D eigenvalue weighted by atomic mass is 9.78. The lowest BCUT2D eigenvalue weighted by molar-refractivity contribution is 0.239. The summed E-state index contributed by atoms with van der Waals surface area (Å²) >= 11 is 6.07.